The Morgan fingerprint density at radius 1 is 1.27 bits per heavy atom. The minimum Gasteiger partial charge on any atom is -0.497 e. The highest BCUT2D eigenvalue weighted by molar-refractivity contribution is 14.0. The lowest BCUT2D eigenvalue weighted by Gasteiger charge is -2.23. The molecule has 0 saturated heterocycles. The average Bonchev–Trinajstić information content (AvgIpc) is 3.18. The molecule has 0 spiro atoms. The van der Waals surface area contributed by atoms with Gasteiger partial charge in [-0.25, -0.2) is 4.99 Å². The second kappa shape index (κ2) is 13.8. The van der Waals surface area contributed by atoms with Crippen molar-refractivity contribution in [2.24, 2.45) is 4.99 Å². The molecule has 0 aliphatic carbocycles. The van der Waals surface area contributed by atoms with Gasteiger partial charge in [0.25, 0.3) is 0 Å². The summed E-state index contributed by atoms with van der Waals surface area (Å²) in [6, 6.07) is 7.57. The van der Waals surface area contributed by atoms with E-state index in [1.807, 2.05) is 38.2 Å². The maximum atomic E-state index is 5.83. The van der Waals surface area contributed by atoms with Gasteiger partial charge in [0, 0.05) is 26.6 Å². The molecule has 9 heteroatoms. The summed E-state index contributed by atoms with van der Waals surface area (Å²) in [5.74, 6) is 3.42. The monoisotopic (exact) mass is 528 g/mol. The maximum Gasteiger partial charge on any atom is 0.194 e. The van der Waals surface area contributed by atoms with E-state index in [9.17, 15) is 0 Å². The Kier molecular flexibility index (Phi) is 11.9. The molecule has 8 nitrogen and oxygen atoms in total. The quantitative estimate of drug-likeness (QED) is 0.209. The van der Waals surface area contributed by atoms with Crippen molar-refractivity contribution in [3.8, 4) is 11.5 Å². The zero-order valence-corrected chi connectivity index (χ0v) is 20.6. The van der Waals surface area contributed by atoms with E-state index in [0.717, 1.165) is 48.4 Å². The van der Waals surface area contributed by atoms with Crippen LogP contribution in [0.1, 0.15) is 19.7 Å². The lowest BCUT2D eigenvalue weighted by molar-refractivity contribution is 0.280. The third-order valence-electron chi connectivity index (χ3n) is 4.26. The van der Waals surface area contributed by atoms with Gasteiger partial charge in [0.1, 0.15) is 30.3 Å². The summed E-state index contributed by atoms with van der Waals surface area (Å²) in [6.45, 7) is 11.3. The second-order valence-electron chi connectivity index (χ2n) is 6.76. The first-order chi connectivity index (χ1) is 14.0. The fourth-order valence-electron chi connectivity index (χ4n) is 2.63. The van der Waals surface area contributed by atoms with Crippen LogP contribution < -0.4 is 14.8 Å². The first-order valence-electron chi connectivity index (χ1n) is 9.80. The van der Waals surface area contributed by atoms with E-state index in [1.165, 1.54) is 0 Å². The molecule has 0 fully saturated rings. The van der Waals surface area contributed by atoms with Crippen LogP contribution in [0.3, 0.4) is 0 Å². The maximum absolute atomic E-state index is 5.83. The Balaban J connectivity index is 0.00000450. The molecule has 0 radical (unpaired) electrons. The minimum atomic E-state index is 0. The molecule has 1 heterocycles. The van der Waals surface area contributed by atoms with E-state index in [2.05, 4.69) is 43.5 Å². The molecule has 0 bridgehead atoms. The molecule has 2 rings (SSSR count). The van der Waals surface area contributed by atoms with Gasteiger partial charge in [-0.2, -0.15) is 0 Å². The molecule has 1 aromatic carbocycles. The van der Waals surface area contributed by atoms with Gasteiger partial charge >= 0.3 is 0 Å². The van der Waals surface area contributed by atoms with Crippen molar-refractivity contribution < 1.29 is 9.47 Å². The number of ether oxygens (including phenoxy) is 2. The largest absolute Gasteiger partial charge is 0.497 e. The minimum absolute atomic E-state index is 0. The van der Waals surface area contributed by atoms with Crippen molar-refractivity contribution >= 4 is 29.9 Å². The van der Waals surface area contributed by atoms with Crippen molar-refractivity contribution in [3.05, 3.63) is 48.6 Å². The van der Waals surface area contributed by atoms with Crippen LogP contribution in [0.5, 0.6) is 11.5 Å². The number of methoxy groups -OCH3 is 1. The number of likely N-dealkylation sites (N-methyl/N-ethyl adjacent to an activating group) is 1. The summed E-state index contributed by atoms with van der Waals surface area (Å²) in [7, 11) is 3.65. The molecule has 0 aliphatic rings. The van der Waals surface area contributed by atoms with Crippen molar-refractivity contribution in [3.63, 3.8) is 0 Å². The Hall–Kier alpha value is -2.30. The molecule has 1 aromatic heterocycles. The fourth-order valence-corrected chi connectivity index (χ4v) is 2.63. The van der Waals surface area contributed by atoms with E-state index in [-0.39, 0.29) is 24.0 Å². The number of nitrogens with one attached hydrogen (secondary N) is 1. The van der Waals surface area contributed by atoms with Gasteiger partial charge in [-0.1, -0.05) is 19.1 Å². The van der Waals surface area contributed by atoms with Crippen LogP contribution in [0.25, 0.3) is 0 Å². The standard InChI is InChI=1S/C21H32N6O2.HI/c1-6-20-25-24-16-27(20)12-11-22-21(23-15-17(2)3)26(4)13-14-29-19-9-7-18(28-5)8-10-19;/h7-10,16H,2,6,11-15H2,1,3-5H3,(H,22,23);1H. The number of halogens is 1. The average molecular weight is 528 g/mol. The molecule has 1 N–H and O–H groups in total. The highest BCUT2D eigenvalue weighted by atomic mass is 127. The first kappa shape index (κ1) is 25.7. The Labute approximate surface area is 196 Å². The van der Waals surface area contributed by atoms with Crippen LogP contribution in [0.2, 0.25) is 0 Å². The molecule has 0 atom stereocenters. The van der Waals surface area contributed by atoms with Gasteiger partial charge in [-0.3, -0.25) is 0 Å². The number of hydrogen-bond donors (Lipinski definition) is 1. The number of nitrogens with zero attached hydrogens (tertiary/aromatic N) is 5. The summed E-state index contributed by atoms with van der Waals surface area (Å²) in [6.07, 6.45) is 2.62. The van der Waals surface area contributed by atoms with Crippen molar-refractivity contribution in [1.29, 1.82) is 0 Å². The molecule has 0 saturated carbocycles. The number of aryl methyl sites for hydroxylation is 1. The van der Waals surface area contributed by atoms with Crippen LogP contribution >= 0.6 is 24.0 Å². The van der Waals surface area contributed by atoms with Gasteiger partial charge < -0.3 is 24.3 Å². The van der Waals surface area contributed by atoms with Crippen LogP contribution in [0, 0.1) is 0 Å². The third kappa shape index (κ3) is 8.60. The SMILES string of the molecule is C=C(C)CN=C(NCCn1cnnc1CC)N(C)CCOc1ccc(OC)cc1.I. The number of hydrogen-bond acceptors (Lipinski definition) is 5. The number of aliphatic imine (C=N–C) groups is 1. The fraction of sp³-hybridized carbons (Fsp3) is 0.476. The van der Waals surface area contributed by atoms with Crippen LogP contribution in [0.15, 0.2) is 47.7 Å². The van der Waals surface area contributed by atoms with Crippen LogP contribution in [0.4, 0.5) is 0 Å². The van der Waals surface area contributed by atoms with Crippen LogP contribution in [-0.4, -0.2) is 66.0 Å². The lowest BCUT2D eigenvalue weighted by Crippen LogP contribution is -2.42. The lowest BCUT2D eigenvalue weighted by atomic mass is 10.3. The molecule has 166 valence electrons. The molecule has 0 aliphatic heterocycles. The highest BCUT2D eigenvalue weighted by Crippen LogP contribution is 2.16. The zero-order valence-electron chi connectivity index (χ0n) is 18.3. The number of aromatic nitrogens is 3. The summed E-state index contributed by atoms with van der Waals surface area (Å²) in [5, 5.41) is 11.5. The smallest absolute Gasteiger partial charge is 0.194 e. The normalized spacial score (nSPS) is 10.9. The van der Waals surface area contributed by atoms with Crippen molar-refractivity contribution in [2.45, 2.75) is 26.8 Å². The molecule has 30 heavy (non-hydrogen) atoms. The Bertz CT molecular complexity index is 791. The molecule has 0 unspecified atom stereocenters. The van der Waals surface area contributed by atoms with E-state index in [1.54, 1.807) is 13.4 Å². The van der Waals surface area contributed by atoms with Crippen molar-refractivity contribution in [2.75, 3.05) is 40.4 Å². The van der Waals surface area contributed by atoms with Gasteiger partial charge in [-0.15, -0.1) is 34.2 Å². The Morgan fingerprint density at radius 2 is 1.97 bits per heavy atom. The van der Waals surface area contributed by atoms with Gasteiger partial charge in [0.15, 0.2) is 5.96 Å². The highest BCUT2D eigenvalue weighted by Gasteiger charge is 2.08. The van der Waals surface area contributed by atoms with Gasteiger partial charge in [-0.05, 0) is 31.2 Å². The summed E-state index contributed by atoms with van der Waals surface area (Å²) in [5.41, 5.74) is 1.01. The van der Waals surface area contributed by atoms with Crippen molar-refractivity contribution in [1.82, 2.24) is 25.0 Å². The van der Waals surface area contributed by atoms with E-state index in [0.29, 0.717) is 19.7 Å². The third-order valence-corrected chi connectivity index (χ3v) is 4.26. The van der Waals surface area contributed by atoms with E-state index in [4.69, 9.17) is 9.47 Å². The van der Waals surface area contributed by atoms with E-state index >= 15 is 0 Å². The summed E-state index contributed by atoms with van der Waals surface area (Å²) in [4.78, 5) is 6.71. The molecular formula is C21H33IN6O2. The molecule has 0 amide bonds. The predicted octanol–water partition coefficient (Wildman–Crippen LogP) is 3.00. The summed E-state index contributed by atoms with van der Waals surface area (Å²) < 4.78 is 13.0. The Morgan fingerprint density at radius 3 is 2.60 bits per heavy atom. The number of benzene rings is 1. The zero-order chi connectivity index (χ0) is 21.1. The number of rotatable bonds is 11. The topological polar surface area (TPSA) is 76.8 Å². The molecular weight excluding hydrogens is 495 g/mol. The predicted molar refractivity (Wildman–Crippen MR) is 131 cm³/mol. The summed E-state index contributed by atoms with van der Waals surface area (Å²) >= 11 is 0. The van der Waals surface area contributed by atoms with Crippen LogP contribution in [-0.2, 0) is 13.0 Å². The first-order valence-corrected chi connectivity index (χ1v) is 9.80. The van der Waals surface area contributed by atoms with Gasteiger partial charge in [0.2, 0.25) is 0 Å². The van der Waals surface area contributed by atoms with Gasteiger partial charge in [0.05, 0.1) is 20.2 Å². The van der Waals surface area contributed by atoms with E-state index < -0.39 is 0 Å². The number of guanidine groups is 1. The second-order valence-corrected chi connectivity index (χ2v) is 6.76. The molecule has 2 aromatic rings.